The van der Waals surface area contributed by atoms with Gasteiger partial charge in [-0.1, -0.05) is 61.0 Å². The molecule has 0 saturated heterocycles. The lowest BCUT2D eigenvalue weighted by Crippen LogP contribution is -2.41. The summed E-state index contributed by atoms with van der Waals surface area (Å²) in [6.07, 6.45) is 1.09. The Morgan fingerprint density at radius 3 is 2.21 bits per heavy atom. The van der Waals surface area contributed by atoms with Crippen molar-refractivity contribution in [2.24, 2.45) is 5.41 Å². The average molecular weight is 462 g/mol. The monoisotopic (exact) mass is 461 g/mol. The van der Waals surface area contributed by atoms with E-state index in [4.69, 9.17) is 9.47 Å². The summed E-state index contributed by atoms with van der Waals surface area (Å²) >= 11 is 3.73. The summed E-state index contributed by atoms with van der Waals surface area (Å²) in [7, 11) is 0. The highest BCUT2D eigenvalue weighted by Crippen LogP contribution is 2.35. The van der Waals surface area contributed by atoms with Gasteiger partial charge in [0.2, 0.25) is 0 Å². The molecule has 0 aromatic heterocycles. The fourth-order valence-corrected chi connectivity index (χ4v) is 4.21. The smallest absolute Gasteiger partial charge is 0.162 e. The molecule has 0 bridgehead atoms. The van der Waals surface area contributed by atoms with Crippen molar-refractivity contribution in [3.63, 3.8) is 0 Å². The van der Waals surface area contributed by atoms with Gasteiger partial charge in [-0.05, 0) is 68.4 Å². The lowest BCUT2D eigenvalue weighted by Gasteiger charge is -2.33. The number of ether oxygens (including phenoxy) is 2. The summed E-state index contributed by atoms with van der Waals surface area (Å²) < 4.78 is 13.0. The molecule has 0 aliphatic rings. The highest BCUT2D eigenvalue weighted by atomic mass is 79.9. The fraction of sp³-hybridized carbons (Fsp3) is 0.520. The van der Waals surface area contributed by atoms with Gasteiger partial charge in [0.05, 0.1) is 6.61 Å². The Kier molecular flexibility index (Phi) is 8.18. The van der Waals surface area contributed by atoms with Crippen molar-refractivity contribution >= 4 is 15.9 Å². The Morgan fingerprint density at radius 1 is 0.931 bits per heavy atom. The van der Waals surface area contributed by atoms with Crippen molar-refractivity contribution in [2.75, 3.05) is 6.61 Å². The van der Waals surface area contributed by atoms with Crippen LogP contribution < -0.4 is 14.8 Å². The second-order valence-electron chi connectivity index (χ2n) is 9.51. The first-order valence-corrected chi connectivity index (χ1v) is 11.2. The minimum Gasteiger partial charge on any atom is -0.490 e. The molecular weight excluding hydrogens is 426 g/mol. The van der Waals surface area contributed by atoms with Gasteiger partial charge < -0.3 is 14.8 Å². The number of rotatable bonds is 9. The zero-order valence-electron chi connectivity index (χ0n) is 19.0. The molecule has 2 rings (SSSR count). The van der Waals surface area contributed by atoms with Crippen LogP contribution in [-0.4, -0.2) is 12.1 Å². The average Bonchev–Trinajstić information content (AvgIpc) is 2.60. The molecule has 29 heavy (non-hydrogen) atoms. The van der Waals surface area contributed by atoms with Crippen molar-refractivity contribution in [3.05, 3.63) is 57.6 Å². The predicted molar refractivity (Wildman–Crippen MR) is 126 cm³/mol. The number of hydrogen-bond acceptors (Lipinski definition) is 3. The van der Waals surface area contributed by atoms with E-state index in [1.807, 2.05) is 25.1 Å². The predicted octanol–water partition coefficient (Wildman–Crippen LogP) is 7.04. The van der Waals surface area contributed by atoms with E-state index in [0.29, 0.717) is 13.2 Å². The number of hydrogen-bond donors (Lipinski definition) is 1. The van der Waals surface area contributed by atoms with Crippen LogP contribution >= 0.6 is 15.9 Å². The van der Waals surface area contributed by atoms with Crippen molar-refractivity contribution in [1.29, 1.82) is 0 Å². The van der Waals surface area contributed by atoms with Gasteiger partial charge in [0, 0.05) is 16.6 Å². The molecule has 0 aliphatic heterocycles. The largest absolute Gasteiger partial charge is 0.490 e. The van der Waals surface area contributed by atoms with Crippen LogP contribution in [0.3, 0.4) is 0 Å². The van der Waals surface area contributed by atoms with Gasteiger partial charge in [-0.2, -0.15) is 0 Å². The van der Waals surface area contributed by atoms with E-state index in [9.17, 15) is 0 Å². The standard InChI is InChI=1S/C25H36BrNO2/c1-8-28-22-13-20(15-27-25(6,7)17-24(3,4)5)21(26)14-23(22)29-16-19-12-10-9-11-18(19)2/h9-14,27H,8,15-17H2,1-7H3. The molecule has 0 saturated carbocycles. The number of aryl methyl sites for hydroxylation is 1. The third-order valence-electron chi connectivity index (χ3n) is 4.79. The van der Waals surface area contributed by atoms with E-state index in [1.54, 1.807) is 0 Å². The molecule has 0 amide bonds. The van der Waals surface area contributed by atoms with E-state index in [2.05, 4.69) is 81.0 Å². The van der Waals surface area contributed by atoms with Gasteiger partial charge in [-0.25, -0.2) is 0 Å². The van der Waals surface area contributed by atoms with Crippen LogP contribution in [0.5, 0.6) is 11.5 Å². The normalized spacial score (nSPS) is 12.1. The van der Waals surface area contributed by atoms with E-state index < -0.39 is 0 Å². The van der Waals surface area contributed by atoms with Gasteiger partial charge in [-0.15, -0.1) is 0 Å². The Balaban J connectivity index is 2.15. The van der Waals surface area contributed by atoms with Gasteiger partial charge in [0.15, 0.2) is 11.5 Å². The van der Waals surface area contributed by atoms with E-state index in [-0.39, 0.29) is 11.0 Å². The quantitative estimate of drug-likeness (QED) is 0.434. The molecule has 0 heterocycles. The van der Waals surface area contributed by atoms with Crippen LogP contribution in [0.4, 0.5) is 0 Å². The highest BCUT2D eigenvalue weighted by Gasteiger charge is 2.25. The molecule has 160 valence electrons. The van der Waals surface area contributed by atoms with Crippen LogP contribution in [0, 0.1) is 12.3 Å². The first-order valence-electron chi connectivity index (χ1n) is 10.4. The Labute approximate surface area is 185 Å². The molecule has 0 unspecified atom stereocenters. The first-order chi connectivity index (χ1) is 13.5. The van der Waals surface area contributed by atoms with Gasteiger partial charge in [0.25, 0.3) is 0 Å². The summed E-state index contributed by atoms with van der Waals surface area (Å²) in [6, 6.07) is 12.4. The molecule has 3 nitrogen and oxygen atoms in total. The van der Waals surface area contributed by atoms with Gasteiger partial charge >= 0.3 is 0 Å². The molecule has 4 heteroatoms. The lowest BCUT2D eigenvalue weighted by atomic mass is 9.82. The summed E-state index contributed by atoms with van der Waals surface area (Å²) in [5, 5.41) is 3.70. The first kappa shape index (κ1) is 23.8. The Hall–Kier alpha value is -1.52. The van der Waals surface area contributed by atoms with E-state index in [0.717, 1.165) is 28.9 Å². The molecule has 1 N–H and O–H groups in total. The summed E-state index contributed by atoms with van der Waals surface area (Å²) in [4.78, 5) is 0. The maximum absolute atomic E-state index is 6.13. The van der Waals surface area contributed by atoms with Crippen molar-refractivity contribution in [1.82, 2.24) is 5.32 Å². The second kappa shape index (κ2) is 9.99. The SMILES string of the molecule is CCOc1cc(CNC(C)(C)CC(C)(C)C)c(Br)cc1OCc1ccccc1C. The fourth-order valence-electron chi connectivity index (χ4n) is 3.74. The zero-order chi connectivity index (χ0) is 21.7. The summed E-state index contributed by atoms with van der Waals surface area (Å²) in [5.41, 5.74) is 3.90. The van der Waals surface area contributed by atoms with Gasteiger partial charge in [-0.3, -0.25) is 0 Å². The third-order valence-corrected chi connectivity index (χ3v) is 5.52. The molecule has 0 fully saturated rings. The van der Waals surface area contributed by atoms with E-state index >= 15 is 0 Å². The van der Waals surface area contributed by atoms with Crippen molar-refractivity contribution in [2.45, 2.75) is 73.6 Å². The second-order valence-corrected chi connectivity index (χ2v) is 10.4. The Morgan fingerprint density at radius 2 is 1.59 bits per heavy atom. The Bertz CT molecular complexity index is 809. The lowest BCUT2D eigenvalue weighted by molar-refractivity contribution is 0.240. The number of halogens is 1. The van der Waals surface area contributed by atoms with E-state index in [1.165, 1.54) is 16.7 Å². The number of benzene rings is 2. The van der Waals surface area contributed by atoms with Crippen molar-refractivity contribution in [3.8, 4) is 11.5 Å². The molecule has 2 aromatic carbocycles. The van der Waals surface area contributed by atoms with Crippen molar-refractivity contribution < 1.29 is 9.47 Å². The molecule has 0 spiro atoms. The highest BCUT2D eigenvalue weighted by molar-refractivity contribution is 9.10. The van der Waals surface area contributed by atoms with Crippen LogP contribution in [0.1, 0.15) is 64.7 Å². The molecule has 0 radical (unpaired) electrons. The minimum atomic E-state index is 0.0451. The summed E-state index contributed by atoms with van der Waals surface area (Å²) in [5.74, 6) is 1.55. The maximum atomic E-state index is 6.13. The topological polar surface area (TPSA) is 30.5 Å². The van der Waals surface area contributed by atoms with Crippen LogP contribution in [0.25, 0.3) is 0 Å². The van der Waals surface area contributed by atoms with Gasteiger partial charge in [0.1, 0.15) is 6.61 Å². The van der Waals surface area contributed by atoms with Crippen LogP contribution in [0.15, 0.2) is 40.9 Å². The molecule has 0 atom stereocenters. The number of nitrogens with one attached hydrogen (secondary N) is 1. The van der Waals surface area contributed by atoms with Crippen LogP contribution in [-0.2, 0) is 13.2 Å². The van der Waals surface area contributed by atoms with Crippen LogP contribution in [0.2, 0.25) is 0 Å². The maximum Gasteiger partial charge on any atom is 0.162 e. The molecule has 0 aliphatic carbocycles. The minimum absolute atomic E-state index is 0.0451. The molecular formula is C25H36BrNO2. The zero-order valence-corrected chi connectivity index (χ0v) is 20.6. The third kappa shape index (κ3) is 7.67. The molecule has 2 aromatic rings. The summed E-state index contributed by atoms with van der Waals surface area (Å²) in [6.45, 7) is 17.3.